The Morgan fingerprint density at radius 3 is 2.81 bits per heavy atom. The number of para-hydroxylation sites is 1. The number of halogens is 1. The molecule has 1 aromatic heterocycles. The van der Waals surface area contributed by atoms with Gasteiger partial charge in [0, 0.05) is 18.9 Å². The lowest BCUT2D eigenvalue weighted by atomic mass is 10.1. The van der Waals surface area contributed by atoms with E-state index in [4.69, 9.17) is 16.3 Å². The van der Waals surface area contributed by atoms with Crippen molar-refractivity contribution in [1.29, 1.82) is 0 Å². The highest BCUT2D eigenvalue weighted by Crippen LogP contribution is 2.28. The molecule has 0 spiro atoms. The average molecular weight is 308 g/mol. The van der Waals surface area contributed by atoms with Crippen LogP contribution in [-0.2, 0) is 11.2 Å². The lowest BCUT2D eigenvalue weighted by molar-refractivity contribution is -0.384. The van der Waals surface area contributed by atoms with Gasteiger partial charge in [-0.1, -0.05) is 29.8 Å². The minimum Gasteiger partial charge on any atom is -0.384 e. The van der Waals surface area contributed by atoms with Gasteiger partial charge in [0.25, 0.3) is 0 Å². The Hall–Kier alpha value is -2.18. The highest BCUT2D eigenvalue weighted by Gasteiger charge is 2.16. The van der Waals surface area contributed by atoms with Crippen molar-refractivity contribution in [3.05, 3.63) is 57.2 Å². The van der Waals surface area contributed by atoms with Gasteiger partial charge in [0.1, 0.15) is 5.15 Å². The number of benzene rings is 1. The Labute approximate surface area is 126 Å². The summed E-state index contributed by atoms with van der Waals surface area (Å²) < 4.78 is 5.06. The van der Waals surface area contributed by atoms with Crippen LogP contribution in [0.25, 0.3) is 0 Å². The molecule has 0 atom stereocenters. The predicted molar refractivity (Wildman–Crippen MR) is 81.2 cm³/mol. The Balaban J connectivity index is 2.34. The van der Waals surface area contributed by atoms with Crippen molar-refractivity contribution >= 4 is 28.8 Å². The van der Waals surface area contributed by atoms with Crippen LogP contribution in [0.1, 0.15) is 5.56 Å². The maximum Gasteiger partial charge on any atom is 0.311 e. The van der Waals surface area contributed by atoms with Gasteiger partial charge in [-0.15, -0.1) is 0 Å². The largest absolute Gasteiger partial charge is 0.384 e. The van der Waals surface area contributed by atoms with Crippen LogP contribution in [0.15, 0.2) is 36.4 Å². The summed E-state index contributed by atoms with van der Waals surface area (Å²) in [4.78, 5) is 14.5. The van der Waals surface area contributed by atoms with Gasteiger partial charge in [0.2, 0.25) is 5.82 Å². The molecule has 0 saturated carbocycles. The third-order valence-electron chi connectivity index (χ3n) is 2.88. The maximum absolute atomic E-state index is 11.0. The van der Waals surface area contributed by atoms with Crippen LogP contribution < -0.4 is 5.32 Å². The molecule has 0 bridgehead atoms. The van der Waals surface area contributed by atoms with E-state index >= 15 is 0 Å². The highest BCUT2D eigenvalue weighted by atomic mass is 35.5. The van der Waals surface area contributed by atoms with E-state index in [0.717, 1.165) is 11.3 Å². The van der Waals surface area contributed by atoms with Crippen LogP contribution in [0.4, 0.5) is 17.2 Å². The molecule has 0 aliphatic heterocycles. The zero-order chi connectivity index (χ0) is 15.2. The van der Waals surface area contributed by atoms with Crippen LogP contribution in [0.3, 0.4) is 0 Å². The standard InChI is InChI=1S/C14H14ClN3O3/c1-21-9-8-10-4-2-3-5-11(10)16-14-12(18(19)20)6-7-13(15)17-14/h2-7H,8-9H2,1H3,(H,16,17). The third kappa shape index (κ3) is 3.90. The molecular formula is C14H14ClN3O3. The Kier molecular flexibility index (Phi) is 5.08. The van der Waals surface area contributed by atoms with Crippen molar-refractivity contribution in [1.82, 2.24) is 4.98 Å². The second kappa shape index (κ2) is 7.01. The van der Waals surface area contributed by atoms with Crippen LogP contribution >= 0.6 is 11.6 Å². The minimum absolute atomic E-state index is 0.123. The zero-order valence-electron chi connectivity index (χ0n) is 11.4. The minimum atomic E-state index is -0.497. The fraction of sp³-hybridized carbons (Fsp3) is 0.214. The number of nitrogens with zero attached hydrogens (tertiary/aromatic N) is 2. The van der Waals surface area contributed by atoms with Gasteiger partial charge in [-0.3, -0.25) is 10.1 Å². The molecule has 21 heavy (non-hydrogen) atoms. The third-order valence-corrected chi connectivity index (χ3v) is 3.09. The SMILES string of the molecule is COCCc1ccccc1Nc1nc(Cl)ccc1[N+](=O)[O-]. The molecule has 2 aromatic rings. The first-order chi connectivity index (χ1) is 10.1. The number of hydrogen-bond acceptors (Lipinski definition) is 5. The van der Waals surface area contributed by atoms with Gasteiger partial charge in [0.05, 0.1) is 11.5 Å². The first kappa shape index (κ1) is 15.2. The van der Waals surface area contributed by atoms with Crippen molar-refractivity contribution in [2.75, 3.05) is 19.0 Å². The lowest BCUT2D eigenvalue weighted by Gasteiger charge is -2.11. The molecule has 1 heterocycles. The number of nitro groups is 1. The summed E-state index contributed by atoms with van der Waals surface area (Å²) in [5.74, 6) is 0.123. The van der Waals surface area contributed by atoms with E-state index in [1.165, 1.54) is 12.1 Å². The van der Waals surface area contributed by atoms with Crippen LogP contribution in [-0.4, -0.2) is 23.6 Å². The molecule has 0 fully saturated rings. The summed E-state index contributed by atoms with van der Waals surface area (Å²) in [6.45, 7) is 0.559. The number of nitrogens with one attached hydrogen (secondary N) is 1. The maximum atomic E-state index is 11.0. The second-order valence-electron chi connectivity index (χ2n) is 4.28. The number of methoxy groups -OCH3 is 1. The molecule has 7 heteroatoms. The highest BCUT2D eigenvalue weighted by molar-refractivity contribution is 6.29. The molecule has 0 saturated heterocycles. The van der Waals surface area contributed by atoms with Gasteiger partial charge in [-0.2, -0.15) is 0 Å². The summed E-state index contributed by atoms with van der Waals surface area (Å²) in [7, 11) is 1.62. The second-order valence-corrected chi connectivity index (χ2v) is 4.67. The Bertz CT molecular complexity index is 649. The Morgan fingerprint density at radius 2 is 2.10 bits per heavy atom. The van der Waals surface area contributed by atoms with Gasteiger partial charge in [0.15, 0.2) is 0 Å². The number of pyridine rings is 1. The van der Waals surface area contributed by atoms with E-state index < -0.39 is 4.92 Å². The lowest BCUT2D eigenvalue weighted by Crippen LogP contribution is -2.03. The molecular weight excluding hydrogens is 294 g/mol. The summed E-state index contributed by atoms with van der Waals surface area (Å²) in [5.41, 5.74) is 1.60. The average Bonchev–Trinajstić information content (AvgIpc) is 2.46. The molecule has 0 radical (unpaired) electrons. The molecule has 0 aliphatic rings. The number of hydrogen-bond donors (Lipinski definition) is 1. The number of anilines is 2. The monoisotopic (exact) mass is 307 g/mol. The normalized spacial score (nSPS) is 10.4. The van der Waals surface area contributed by atoms with E-state index in [-0.39, 0.29) is 16.7 Å². The van der Waals surface area contributed by atoms with Gasteiger partial charge < -0.3 is 10.1 Å². The van der Waals surface area contributed by atoms with E-state index in [9.17, 15) is 10.1 Å². The first-order valence-corrected chi connectivity index (χ1v) is 6.64. The summed E-state index contributed by atoms with van der Waals surface area (Å²) in [6, 6.07) is 10.2. The van der Waals surface area contributed by atoms with Crippen molar-refractivity contribution in [3.8, 4) is 0 Å². The molecule has 0 unspecified atom stereocenters. The van der Waals surface area contributed by atoms with Crippen LogP contribution in [0.5, 0.6) is 0 Å². The topological polar surface area (TPSA) is 77.3 Å². The molecule has 2 rings (SSSR count). The smallest absolute Gasteiger partial charge is 0.311 e. The fourth-order valence-electron chi connectivity index (χ4n) is 1.87. The van der Waals surface area contributed by atoms with E-state index in [1.807, 2.05) is 24.3 Å². The number of aromatic nitrogens is 1. The van der Waals surface area contributed by atoms with Gasteiger partial charge in [-0.25, -0.2) is 4.98 Å². The Morgan fingerprint density at radius 1 is 1.33 bits per heavy atom. The molecule has 110 valence electrons. The van der Waals surface area contributed by atoms with Gasteiger partial charge >= 0.3 is 5.69 Å². The molecule has 0 amide bonds. The fourth-order valence-corrected chi connectivity index (χ4v) is 2.01. The number of ether oxygens (including phenoxy) is 1. The van der Waals surface area contributed by atoms with E-state index in [1.54, 1.807) is 7.11 Å². The quantitative estimate of drug-likeness (QED) is 0.501. The molecule has 0 aliphatic carbocycles. The summed E-state index contributed by atoms with van der Waals surface area (Å²) in [6.07, 6.45) is 0.689. The van der Waals surface area contributed by atoms with Crippen molar-refractivity contribution < 1.29 is 9.66 Å². The van der Waals surface area contributed by atoms with Crippen molar-refractivity contribution in [3.63, 3.8) is 0 Å². The summed E-state index contributed by atoms with van der Waals surface area (Å²) >= 11 is 5.82. The first-order valence-electron chi connectivity index (χ1n) is 6.26. The predicted octanol–water partition coefficient (Wildman–Crippen LogP) is 3.58. The molecule has 1 N–H and O–H groups in total. The van der Waals surface area contributed by atoms with Crippen molar-refractivity contribution in [2.45, 2.75) is 6.42 Å². The van der Waals surface area contributed by atoms with Crippen molar-refractivity contribution in [2.24, 2.45) is 0 Å². The molecule has 6 nitrogen and oxygen atoms in total. The van der Waals surface area contributed by atoms with Gasteiger partial charge in [-0.05, 0) is 24.1 Å². The number of rotatable bonds is 6. The zero-order valence-corrected chi connectivity index (χ0v) is 12.1. The van der Waals surface area contributed by atoms with E-state index in [2.05, 4.69) is 10.3 Å². The van der Waals surface area contributed by atoms with E-state index in [0.29, 0.717) is 13.0 Å². The summed E-state index contributed by atoms with van der Waals surface area (Å²) in [5, 5.41) is 14.2. The molecule has 1 aromatic carbocycles. The van der Waals surface area contributed by atoms with Crippen LogP contribution in [0.2, 0.25) is 5.15 Å². The van der Waals surface area contributed by atoms with Crippen LogP contribution in [0, 0.1) is 10.1 Å².